The molecule has 2 nitrogen and oxygen atoms in total. The Morgan fingerprint density at radius 2 is 2.25 bits per heavy atom. The zero-order valence-corrected chi connectivity index (χ0v) is 4.32. The fourth-order valence-electron chi connectivity index (χ4n) is 0. The Bertz CT molecular complexity index is 32.6. The molecule has 3 heteroatoms. The summed E-state index contributed by atoms with van der Waals surface area (Å²) in [7, 11) is 0. The van der Waals surface area contributed by atoms with Crippen molar-refractivity contribution in [2.45, 2.75) is 0 Å². The van der Waals surface area contributed by atoms with Crippen LogP contribution >= 0.6 is 0 Å². The van der Waals surface area contributed by atoms with Gasteiger partial charge >= 0.3 is 29.6 Å². The number of carboxylic acid groups (broad SMARTS) is 1. The molecule has 0 saturated carbocycles. The molecule has 18 valence electrons. The van der Waals surface area contributed by atoms with Gasteiger partial charge in [-0.3, -0.25) is 0 Å². The molecule has 0 spiro atoms. The Morgan fingerprint density at radius 1 is 2.25 bits per heavy atom. The first-order chi connectivity index (χ1) is 1.73. The molecule has 0 heterocycles. The molecule has 4 heavy (non-hydrogen) atoms. The molecule has 0 rings (SSSR count). The third kappa shape index (κ3) is 24.2. The molecule has 0 aromatic heterocycles. The van der Waals surface area contributed by atoms with Crippen LogP contribution in [0.5, 0.6) is 0 Å². The van der Waals surface area contributed by atoms with Gasteiger partial charge < -0.3 is 9.90 Å². The van der Waals surface area contributed by atoms with Gasteiger partial charge in [-0.15, -0.1) is 0 Å². The van der Waals surface area contributed by atoms with Crippen LogP contribution in [0.25, 0.3) is 0 Å². The van der Waals surface area contributed by atoms with Crippen LogP contribution < -0.4 is 34.7 Å². The summed E-state index contributed by atoms with van der Waals surface area (Å²) in [5.41, 5.74) is 0. The minimum Gasteiger partial charge on any atom is -0.554 e. The average Bonchev–Trinajstić information content (AvgIpc) is 0.811. The fraction of sp³-hybridized carbons (Fsp3) is 0. The van der Waals surface area contributed by atoms with E-state index in [0.717, 1.165) is 0 Å². The van der Waals surface area contributed by atoms with Crippen molar-refractivity contribution in [3.8, 4) is 0 Å². The molecule has 0 aromatic carbocycles. The maximum Gasteiger partial charge on any atom is 1.00 e. The van der Waals surface area contributed by atoms with Gasteiger partial charge in [0.2, 0.25) is 0 Å². The molecule has 0 atom stereocenters. The van der Waals surface area contributed by atoms with Crippen LogP contribution in [0.15, 0.2) is 0 Å². The van der Waals surface area contributed by atoms with Gasteiger partial charge in [0.1, 0.15) is 0 Å². The van der Waals surface area contributed by atoms with Gasteiger partial charge in [-0.1, -0.05) is 0 Å². The van der Waals surface area contributed by atoms with Crippen molar-refractivity contribution in [1.29, 1.82) is 0 Å². The van der Waals surface area contributed by atoms with E-state index < -0.39 is 6.45 Å². The first kappa shape index (κ1) is 4.47. The Morgan fingerprint density at radius 3 is 2.25 bits per heavy atom. The third-order valence-corrected chi connectivity index (χ3v) is 0. The number of hydrogen-bond donors (Lipinski definition) is 0. The minimum absolute atomic E-state index is 0. The summed E-state index contributed by atoms with van der Waals surface area (Å²) in [4.78, 5) is 8.56. The smallest absolute Gasteiger partial charge is 0.554 e. The molecule has 0 aliphatic heterocycles. The van der Waals surface area contributed by atoms with Crippen molar-refractivity contribution in [3.05, 3.63) is 0 Å². The molecule has 0 radical (unpaired) electrons. The average molecular weight is 70.0 g/mol. The molecule has 0 fully saturated rings. The maximum atomic E-state index is 8.56. The summed E-state index contributed by atoms with van der Waals surface area (Å²) >= 11 is 0. The molecular formula is CHNaO2. The van der Waals surface area contributed by atoms with E-state index in [0.29, 0.717) is 0 Å². The predicted octanol–water partition coefficient (Wildman–Crippen LogP) is -4.63. The number of hydrogen-bond acceptors (Lipinski definition) is 2. The molecule has 0 saturated heterocycles. The minimum atomic E-state index is -1.83. The Labute approximate surface area is 47.5 Å². The zero-order chi connectivity index (χ0) is 3.58. The predicted molar refractivity (Wildman–Crippen MR) is 6.06 cm³/mol. The third-order valence-electron chi connectivity index (χ3n) is 0. The molecule has 0 unspecified atom stereocenters. The first-order valence-corrected chi connectivity index (χ1v) is 0.408. The monoisotopic (exact) mass is 70.0 g/mol. The number of carbonyl (C=O) groups excluding carboxylic acids is 1. The van der Waals surface area contributed by atoms with Crippen LogP contribution in [0.4, 0.5) is 0 Å². The van der Waals surface area contributed by atoms with E-state index in [1.54, 1.807) is 0 Å². The normalized spacial score (nSPS) is 6.50. The van der Waals surface area contributed by atoms with Crippen LogP contribution in [-0.4, -0.2) is 6.45 Å². The summed E-state index contributed by atoms with van der Waals surface area (Å²) in [6.45, 7) is 0. The molecule has 0 N–H and O–H groups in total. The van der Waals surface area contributed by atoms with E-state index in [9.17, 15) is 0 Å². The Balaban J connectivity index is 0. The van der Waals surface area contributed by atoms with Crippen molar-refractivity contribution in [1.82, 2.24) is 0 Å². The second-order valence-corrected chi connectivity index (χ2v) is 0.0833. The summed E-state index contributed by atoms with van der Waals surface area (Å²) in [5, 5.41) is 8.56. The van der Waals surface area contributed by atoms with Crippen LogP contribution in [0.3, 0.4) is 0 Å². The quantitative estimate of drug-likeness (QED) is 0.163. The SMILES string of the molecule is [2H][13C](=O)[O-].[Na+]. The van der Waals surface area contributed by atoms with E-state index in [2.05, 4.69) is 0 Å². The van der Waals surface area contributed by atoms with Crippen molar-refractivity contribution < 1.29 is 40.8 Å². The van der Waals surface area contributed by atoms with E-state index in [1.807, 2.05) is 0 Å². The van der Waals surface area contributed by atoms with E-state index in [4.69, 9.17) is 11.3 Å². The number of rotatable bonds is 0. The zero-order valence-electron chi connectivity index (χ0n) is 3.32. The van der Waals surface area contributed by atoms with Gasteiger partial charge in [0.25, 0.3) is 0 Å². The summed E-state index contributed by atoms with van der Waals surface area (Å²) in [5.74, 6) is 0. The van der Waals surface area contributed by atoms with E-state index in [-0.39, 0.29) is 29.6 Å². The molecule has 0 aliphatic carbocycles. The van der Waals surface area contributed by atoms with Gasteiger partial charge in [0.15, 0.2) is 0 Å². The van der Waals surface area contributed by atoms with Crippen molar-refractivity contribution in [2.24, 2.45) is 0 Å². The van der Waals surface area contributed by atoms with Crippen LogP contribution in [0.1, 0.15) is 1.37 Å². The van der Waals surface area contributed by atoms with Crippen LogP contribution in [-0.2, 0) is 4.79 Å². The van der Waals surface area contributed by atoms with E-state index in [1.165, 1.54) is 0 Å². The second kappa shape index (κ2) is 9.80. The summed E-state index contributed by atoms with van der Waals surface area (Å²) in [6, 6.07) is 0. The van der Waals surface area contributed by atoms with Gasteiger partial charge in [0, 0.05) is 6.45 Å². The Kier molecular flexibility index (Phi) is 10.9. The van der Waals surface area contributed by atoms with Crippen LogP contribution in [0.2, 0.25) is 0 Å². The molecule has 0 bridgehead atoms. The molecule has 0 amide bonds. The Hall–Kier alpha value is 0.470. The molecule has 0 aromatic rings. The van der Waals surface area contributed by atoms with Gasteiger partial charge in [-0.05, 0) is 0 Å². The van der Waals surface area contributed by atoms with Gasteiger partial charge in [0.05, 0.1) is 1.37 Å². The van der Waals surface area contributed by atoms with Gasteiger partial charge in [-0.2, -0.15) is 0 Å². The number of carbonyl (C=O) groups is 1. The van der Waals surface area contributed by atoms with Crippen molar-refractivity contribution in [3.63, 3.8) is 0 Å². The topological polar surface area (TPSA) is 40.1 Å². The fourth-order valence-corrected chi connectivity index (χ4v) is 0. The van der Waals surface area contributed by atoms with Gasteiger partial charge in [-0.25, -0.2) is 0 Å². The second-order valence-electron chi connectivity index (χ2n) is 0.0833. The molecule has 0 aliphatic rings. The molecular weight excluding hydrogens is 68.0 g/mol. The standard InChI is InChI=1S/CH2O2.Na/c2-1-3;/h1H,(H,2,3);/q;+1/p-1/i1+1D;. The van der Waals surface area contributed by atoms with Crippen LogP contribution in [0, 0.1) is 0 Å². The maximum absolute atomic E-state index is 8.56. The summed E-state index contributed by atoms with van der Waals surface area (Å²) < 4.78 is 5.39. The van der Waals surface area contributed by atoms with E-state index >= 15 is 0 Å². The largest absolute Gasteiger partial charge is 1.00 e. The van der Waals surface area contributed by atoms with Crippen molar-refractivity contribution >= 4 is 6.45 Å². The summed E-state index contributed by atoms with van der Waals surface area (Å²) in [6.07, 6.45) is -1.83. The first-order valence-electron chi connectivity index (χ1n) is 0.908. The van der Waals surface area contributed by atoms with Crippen molar-refractivity contribution in [2.75, 3.05) is 0 Å².